The number of halogens is 2. The van der Waals surface area contributed by atoms with Gasteiger partial charge in [-0.3, -0.25) is 9.59 Å². The average Bonchev–Trinajstić information content (AvgIpc) is 2.47. The number of anilines is 1. The van der Waals surface area contributed by atoms with Crippen LogP contribution in [0.15, 0.2) is 53.0 Å². The second-order valence-corrected chi connectivity index (χ2v) is 5.16. The first-order valence-corrected chi connectivity index (χ1v) is 6.93. The maximum Gasteiger partial charge on any atom is 0.251 e. The van der Waals surface area contributed by atoms with E-state index in [4.69, 9.17) is 0 Å². The van der Waals surface area contributed by atoms with Crippen molar-refractivity contribution in [2.75, 3.05) is 11.9 Å². The summed E-state index contributed by atoms with van der Waals surface area (Å²) >= 11 is 3.29. The van der Waals surface area contributed by atoms with Crippen LogP contribution in [0.5, 0.6) is 0 Å². The van der Waals surface area contributed by atoms with E-state index in [9.17, 15) is 14.0 Å². The first-order chi connectivity index (χ1) is 10.0. The molecule has 2 N–H and O–H groups in total. The summed E-state index contributed by atoms with van der Waals surface area (Å²) < 4.78 is 13.9. The fourth-order valence-corrected chi connectivity index (χ4v) is 1.90. The van der Waals surface area contributed by atoms with Crippen molar-refractivity contribution in [1.29, 1.82) is 0 Å². The molecule has 0 aliphatic heterocycles. The van der Waals surface area contributed by atoms with E-state index < -0.39 is 11.7 Å². The lowest BCUT2D eigenvalue weighted by Gasteiger charge is -2.07. The van der Waals surface area contributed by atoms with Crippen molar-refractivity contribution in [3.63, 3.8) is 0 Å². The van der Waals surface area contributed by atoms with Crippen LogP contribution < -0.4 is 10.6 Å². The molecule has 0 aliphatic carbocycles. The molecule has 2 aromatic rings. The van der Waals surface area contributed by atoms with Crippen LogP contribution in [0.2, 0.25) is 0 Å². The molecule has 0 unspecified atom stereocenters. The van der Waals surface area contributed by atoms with Crippen molar-refractivity contribution in [3.8, 4) is 0 Å². The van der Waals surface area contributed by atoms with Gasteiger partial charge >= 0.3 is 0 Å². The second-order valence-electron chi connectivity index (χ2n) is 4.25. The normalized spacial score (nSPS) is 10.0. The third-order valence-corrected chi connectivity index (χ3v) is 3.15. The fraction of sp³-hybridized carbons (Fsp3) is 0.0667. The largest absolute Gasteiger partial charge is 0.343 e. The highest BCUT2D eigenvalue weighted by atomic mass is 79.9. The zero-order valence-corrected chi connectivity index (χ0v) is 12.5. The first-order valence-electron chi connectivity index (χ1n) is 6.14. The SMILES string of the molecule is O=C(CNC(=O)c1cccc(F)c1)Nc1ccc(Br)cc1. The van der Waals surface area contributed by atoms with Crippen molar-refractivity contribution < 1.29 is 14.0 Å². The summed E-state index contributed by atoms with van der Waals surface area (Å²) in [6.07, 6.45) is 0. The third kappa shape index (κ3) is 4.68. The van der Waals surface area contributed by atoms with Crippen LogP contribution in [-0.4, -0.2) is 18.4 Å². The van der Waals surface area contributed by atoms with Gasteiger partial charge in [-0.05, 0) is 42.5 Å². The molecule has 4 nitrogen and oxygen atoms in total. The van der Waals surface area contributed by atoms with Gasteiger partial charge in [0.25, 0.3) is 5.91 Å². The zero-order chi connectivity index (χ0) is 15.2. The molecule has 0 aromatic heterocycles. The van der Waals surface area contributed by atoms with Crippen molar-refractivity contribution in [2.45, 2.75) is 0 Å². The molecule has 2 amide bonds. The Hall–Kier alpha value is -2.21. The van der Waals surface area contributed by atoms with Gasteiger partial charge < -0.3 is 10.6 Å². The summed E-state index contributed by atoms with van der Waals surface area (Å²) in [6.45, 7) is -0.189. The number of carbonyl (C=O) groups excluding carboxylic acids is 2. The molecule has 2 rings (SSSR count). The van der Waals surface area contributed by atoms with Crippen molar-refractivity contribution >= 4 is 33.4 Å². The molecule has 0 saturated heterocycles. The summed E-state index contributed by atoms with van der Waals surface area (Å²) in [4.78, 5) is 23.4. The average molecular weight is 351 g/mol. The lowest BCUT2D eigenvalue weighted by atomic mass is 10.2. The smallest absolute Gasteiger partial charge is 0.251 e. The van der Waals surface area contributed by atoms with E-state index >= 15 is 0 Å². The molecule has 0 radical (unpaired) electrons. The summed E-state index contributed by atoms with van der Waals surface area (Å²) in [6, 6.07) is 12.3. The summed E-state index contributed by atoms with van der Waals surface area (Å²) in [5, 5.41) is 5.07. The van der Waals surface area contributed by atoms with Crippen LogP contribution in [0.1, 0.15) is 10.4 Å². The Morgan fingerprint density at radius 3 is 2.48 bits per heavy atom. The van der Waals surface area contributed by atoms with Crippen molar-refractivity contribution in [2.24, 2.45) is 0 Å². The maximum absolute atomic E-state index is 13.0. The molecular formula is C15H12BrFN2O2. The molecule has 0 aliphatic rings. The fourth-order valence-electron chi connectivity index (χ4n) is 1.63. The zero-order valence-electron chi connectivity index (χ0n) is 10.9. The number of carbonyl (C=O) groups is 2. The highest BCUT2D eigenvalue weighted by Gasteiger charge is 2.08. The van der Waals surface area contributed by atoms with E-state index in [1.54, 1.807) is 24.3 Å². The molecule has 0 heterocycles. The Balaban J connectivity index is 1.86. The van der Waals surface area contributed by atoms with E-state index in [0.717, 1.165) is 10.5 Å². The first kappa shape index (κ1) is 15.2. The lowest BCUT2D eigenvalue weighted by Crippen LogP contribution is -2.32. The highest BCUT2D eigenvalue weighted by Crippen LogP contribution is 2.13. The van der Waals surface area contributed by atoms with E-state index in [1.807, 2.05) is 0 Å². The molecule has 21 heavy (non-hydrogen) atoms. The van der Waals surface area contributed by atoms with Crippen LogP contribution in [0.4, 0.5) is 10.1 Å². The summed E-state index contributed by atoms with van der Waals surface area (Å²) in [5.74, 6) is -1.36. The van der Waals surface area contributed by atoms with Gasteiger partial charge in [0.15, 0.2) is 0 Å². The Morgan fingerprint density at radius 1 is 1.10 bits per heavy atom. The van der Waals surface area contributed by atoms with E-state index in [1.165, 1.54) is 18.2 Å². The standard InChI is InChI=1S/C15H12BrFN2O2/c16-11-4-6-13(7-5-11)19-14(20)9-18-15(21)10-2-1-3-12(17)8-10/h1-8H,9H2,(H,18,21)(H,19,20). The number of hydrogen-bond acceptors (Lipinski definition) is 2. The van der Waals surface area contributed by atoms with Crippen LogP contribution in [0.25, 0.3) is 0 Å². The van der Waals surface area contributed by atoms with Gasteiger partial charge in [0, 0.05) is 15.7 Å². The number of rotatable bonds is 4. The van der Waals surface area contributed by atoms with Gasteiger partial charge in [0.2, 0.25) is 5.91 Å². The molecule has 0 bridgehead atoms. The van der Waals surface area contributed by atoms with Crippen molar-refractivity contribution in [1.82, 2.24) is 5.32 Å². The molecule has 2 aromatic carbocycles. The monoisotopic (exact) mass is 350 g/mol. The van der Waals surface area contributed by atoms with Crippen LogP contribution >= 0.6 is 15.9 Å². The second kappa shape index (κ2) is 6.99. The molecule has 0 fully saturated rings. The van der Waals surface area contributed by atoms with Gasteiger partial charge in [-0.2, -0.15) is 0 Å². The molecule has 0 saturated carbocycles. The maximum atomic E-state index is 13.0. The summed E-state index contributed by atoms with van der Waals surface area (Å²) in [5.41, 5.74) is 0.801. The highest BCUT2D eigenvalue weighted by molar-refractivity contribution is 9.10. The van der Waals surface area contributed by atoms with Crippen LogP contribution in [-0.2, 0) is 4.79 Å². The number of benzene rings is 2. The number of nitrogens with one attached hydrogen (secondary N) is 2. The Bertz CT molecular complexity index is 659. The molecule has 6 heteroatoms. The van der Waals surface area contributed by atoms with Crippen molar-refractivity contribution in [3.05, 3.63) is 64.4 Å². The van der Waals surface area contributed by atoms with Crippen LogP contribution in [0, 0.1) is 5.82 Å². The predicted octanol–water partition coefficient (Wildman–Crippen LogP) is 2.96. The molecule has 0 spiro atoms. The van der Waals surface area contributed by atoms with Gasteiger partial charge in [-0.15, -0.1) is 0 Å². The summed E-state index contributed by atoms with van der Waals surface area (Å²) in [7, 11) is 0. The van der Waals surface area contributed by atoms with Gasteiger partial charge in [-0.25, -0.2) is 4.39 Å². The van der Waals surface area contributed by atoms with E-state index in [0.29, 0.717) is 5.69 Å². The minimum atomic E-state index is -0.500. The van der Waals surface area contributed by atoms with E-state index in [-0.39, 0.29) is 18.0 Å². The minimum absolute atomic E-state index is 0.173. The van der Waals surface area contributed by atoms with Gasteiger partial charge in [0.1, 0.15) is 5.82 Å². The number of hydrogen-bond donors (Lipinski definition) is 2. The minimum Gasteiger partial charge on any atom is -0.343 e. The quantitative estimate of drug-likeness (QED) is 0.890. The Labute approximate surface area is 129 Å². The van der Waals surface area contributed by atoms with E-state index in [2.05, 4.69) is 26.6 Å². The van der Waals surface area contributed by atoms with Crippen LogP contribution in [0.3, 0.4) is 0 Å². The topological polar surface area (TPSA) is 58.2 Å². The van der Waals surface area contributed by atoms with Gasteiger partial charge in [0.05, 0.1) is 6.54 Å². The van der Waals surface area contributed by atoms with Gasteiger partial charge in [-0.1, -0.05) is 22.0 Å². The molecular weight excluding hydrogens is 339 g/mol. The number of amides is 2. The Kier molecular flexibility index (Phi) is 5.05. The molecule has 108 valence electrons. The lowest BCUT2D eigenvalue weighted by molar-refractivity contribution is -0.115. The predicted molar refractivity (Wildman–Crippen MR) is 81.5 cm³/mol. The third-order valence-electron chi connectivity index (χ3n) is 2.62. The Morgan fingerprint density at radius 2 is 1.81 bits per heavy atom. The molecule has 0 atom stereocenters.